The van der Waals surface area contributed by atoms with Crippen LogP contribution >= 0.6 is 0 Å². The average molecular weight is 517 g/mol. The number of likely N-dealkylation sites (N-methyl/N-ethyl adjacent to an activating group) is 1. The fourth-order valence-corrected chi connectivity index (χ4v) is 2.77. The second-order valence-electron chi connectivity index (χ2n) is 5.58. The molecule has 130 valence electrons. The fourth-order valence-electron chi connectivity index (χ4n) is 2.77. The maximum Gasteiger partial charge on any atom is 2.00 e. The van der Waals surface area contributed by atoms with Gasteiger partial charge in [-0.25, -0.2) is 4.39 Å². The van der Waals surface area contributed by atoms with E-state index in [-0.39, 0.29) is 21.1 Å². The first-order valence-electron chi connectivity index (χ1n) is 7.72. The van der Waals surface area contributed by atoms with E-state index in [1.807, 2.05) is 6.07 Å². The maximum atomic E-state index is 14.3. The smallest absolute Gasteiger partial charge is 0.659 e. The third-order valence-corrected chi connectivity index (χ3v) is 4.10. The number of hydrogen-bond donors (Lipinski definition) is 0. The zero-order valence-electron chi connectivity index (χ0n) is 14.0. The second kappa shape index (κ2) is 8.35. The molecule has 1 N–H and O–H groups in total. The van der Waals surface area contributed by atoms with Crippen molar-refractivity contribution in [2.24, 2.45) is 0 Å². The van der Waals surface area contributed by atoms with Crippen LogP contribution in [-0.2, 0) is 31.4 Å². The van der Waals surface area contributed by atoms with Gasteiger partial charge in [0.15, 0.2) is 0 Å². The number of pyridine rings is 1. The summed E-state index contributed by atoms with van der Waals surface area (Å²) in [4.78, 5) is 16.5. The molecule has 1 unspecified atom stereocenters. The van der Waals surface area contributed by atoms with Crippen LogP contribution in [0, 0.1) is 5.82 Å². The Bertz CT molecular complexity index is 890. The van der Waals surface area contributed by atoms with E-state index in [1.165, 1.54) is 25.2 Å². The Morgan fingerprint density at radius 3 is 2.42 bits per heavy atom. The Labute approximate surface area is 165 Å². The van der Waals surface area contributed by atoms with Crippen LogP contribution in [-0.4, -0.2) is 17.9 Å². The molecule has 0 bridgehead atoms. The quantitative estimate of drug-likeness (QED) is 0.504. The number of nitrogens with one attached hydrogen (secondary N) is 1. The van der Waals surface area contributed by atoms with Gasteiger partial charge in [0.1, 0.15) is 5.82 Å². The summed E-state index contributed by atoms with van der Waals surface area (Å²) in [7, 11) is 1.36. The number of carbonyl (C=O) groups excluding carboxylic acids is 1. The molecule has 0 aliphatic heterocycles. The molecule has 1 atom stereocenters. The molecule has 0 aliphatic rings. The minimum atomic E-state index is -1.74. The first-order valence-corrected chi connectivity index (χ1v) is 7.72. The Balaban J connectivity index is 0.00000243. The van der Waals surface area contributed by atoms with Crippen LogP contribution < -0.4 is 0 Å². The molecule has 0 saturated carbocycles. The number of amides is 1. The number of benzene rings is 2. The first kappa shape index (κ1) is 20.0. The van der Waals surface area contributed by atoms with Crippen molar-refractivity contribution in [3.8, 4) is 11.1 Å². The maximum absolute atomic E-state index is 14.3. The molecule has 2 aromatic carbocycles. The summed E-state index contributed by atoms with van der Waals surface area (Å²) in [5.74, 6) is -1.05. The zero-order chi connectivity index (χ0) is 17.9. The van der Waals surface area contributed by atoms with Gasteiger partial charge in [0.2, 0.25) is 0 Å². The van der Waals surface area contributed by atoms with Crippen molar-refractivity contribution < 1.29 is 30.3 Å². The molecular formula is C20H16FN3OW. The summed E-state index contributed by atoms with van der Waals surface area (Å²) < 4.78 is 14.3. The number of nitrogens with zero attached hydrogens (tertiary/aromatic N) is 2. The third-order valence-electron chi connectivity index (χ3n) is 4.10. The van der Waals surface area contributed by atoms with Crippen molar-refractivity contribution in [3.63, 3.8) is 0 Å². The Hall–Kier alpha value is -2.36. The topological polar surface area (TPSA) is 67.9 Å². The Morgan fingerprint density at radius 2 is 1.81 bits per heavy atom. The van der Waals surface area contributed by atoms with Crippen LogP contribution in [0.15, 0.2) is 73.1 Å². The van der Waals surface area contributed by atoms with Gasteiger partial charge in [-0.3, -0.25) is 4.98 Å². The molecule has 1 amide bonds. The summed E-state index contributed by atoms with van der Waals surface area (Å²) in [6, 6.07) is 16.4. The summed E-state index contributed by atoms with van der Waals surface area (Å²) in [5, 5.41) is 3.71. The van der Waals surface area contributed by atoms with Gasteiger partial charge in [-0.1, -0.05) is 53.6 Å². The van der Waals surface area contributed by atoms with Crippen LogP contribution in [0.2, 0.25) is 0 Å². The molecule has 3 aromatic rings. The van der Waals surface area contributed by atoms with Crippen LogP contribution in [0.3, 0.4) is 0 Å². The van der Waals surface area contributed by atoms with E-state index in [4.69, 9.17) is 5.73 Å². The number of hydrogen-bond acceptors (Lipinski definition) is 2. The Morgan fingerprint density at radius 1 is 1.08 bits per heavy atom. The van der Waals surface area contributed by atoms with E-state index in [0.29, 0.717) is 22.3 Å². The molecule has 3 rings (SSSR count). The number of carbonyl (C=O) groups is 1. The Kier molecular flexibility index (Phi) is 6.41. The fraction of sp³-hybridized carbons (Fsp3) is 0.100. The van der Waals surface area contributed by atoms with Crippen molar-refractivity contribution in [1.82, 2.24) is 4.98 Å². The molecular weight excluding hydrogens is 501 g/mol. The average Bonchev–Trinajstić information content (AvgIpc) is 2.68. The van der Waals surface area contributed by atoms with Crippen molar-refractivity contribution in [1.29, 1.82) is 0 Å². The molecule has 0 saturated heterocycles. The number of aromatic nitrogens is 1. The van der Waals surface area contributed by atoms with E-state index in [9.17, 15) is 9.18 Å². The minimum Gasteiger partial charge on any atom is -0.659 e. The van der Waals surface area contributed by atoms with Crippen LogP contribution in [0.5, 0.6) is 0 Å². The van der Waals surface area contributed by atoms with Gasteiger partial charge in [-0.15, -0.1) is 7.05 Å². The van der Waals surface area contributed by atoms with Gasteiger partial charge in [-0.2, -0.15) is 0 Å². The standard InChI is InChI=1S/C20H17FN3O.W/c1-23-19(25)20(22,15-7-3-2-4-8-15)16-9-10-18(21)17(12-16)14-6-5-11-24-13-14;/h2-13,22H,1H3,(H,23,25);/q-1;+2/p-1. The molecule has 1 aromatic heterocycles. The van der Waals surface area contributed by atoms with Crippen LogP contribution in [0.1, 0.15) is 11.1 Å². The molecule has 0 spiro atoms. The largest absolute Gasteiger partial charge is 2.00 e. The molecule has 6 heteroatoms. The number of halogens is 1. The van der Waals surface area contributed by atoms with Gasteiger partial charge in [0.05, 0.1) is 0 Å². The van der Waals surface area contributed by atoms with Gasteiger partial charge in [0.25, 0.3) is 0 Å². The second-order valence-corrected chi connectivity index (χ2v) is 5.58. The van der Waals surface area contributed by atoms with Gasteiger partial charge in [0, 0.05) is 29.4 Å². The van der Waals surface area contributed by atoms with Gasteiger partial charge in [-0.05, 0) is 23.7 Å². The van der Waals surface area contributed by atoms with Gasteiger partial charge < -0.3 is 15.8 Å². The van der Waals surface area contributed by atoms with E-state index in [0.717, 1.165) is 0 Å². The third kappa shape index (κ3) is 3.59. The first-order chi connectivity index (χ1) is 12.1. The summed E-state index contributed by atoms with van der Waals surface area (Å²) in [6.45, 7) is 0. The van der Waals surface area contributed by atoms with Crippen molar-refractivity contribution in [3.05, 3.63) is 101 Å². The molecule has 4 nitrogen and oxygen atoms in total. The predicted octanol–water partition coefficient (Wildman–Crippen LogP) is 4.71. The van der Waals surface area contributed by atoms with E-state index < -0.39 is 17.3 Å². The van der Waals surface area contributed by atoms with E-state index in [1.54, 1.807) is 48.8 Å². The van der Waals surface area contributed by atoms with E-state index in [2.05, 4.69) is 10.3 Å². The van der Waals surface area contributed by atoms with Crippen LogP contribution in [0.25, 0.3) is 22.2 Å². The summed E-state index contributed by atoms with van der Waals surface area (Å²) >= 11 is 0. The monoisotopic (exact) mass is 517 g/mol. The van der Waals surface area contributed by atoms with Crippen molar-refractivity contribution >= 4 is 5.91 Å². The molecule has 0 aliphatic carbocycles. The van der Waals surface area contributed by atoms with Crippen molar-refractivity contribution in [2.75, 3.05) is 7.05 Å². The van der Waals surface area contributed by atoms with Gasteiger partial charge >= 0.3 is 21.1 Å². The normalized spacial score (nSPS) is 12.6. The predicted molar refractivity (Wildman–Crippen MR) is 95.5 cm³/mol. The van der Waals surface area contributed by atoms with Crippen molar-refractivity contribution in [2.45, 2.75) is 5.54 Å². The SMILES string of the molecule is C[N-]C(=O)C([NH-])(c1ccccc1)c1ccc(F)c(-c2cccnc2)c1.[W+2]. The molecule has 26 heavy (non-hydrogen) atoms. The van der Waals surface area contributed by atoms with E-state index >= 15 is 0 Å². The number of rotatable bonds is 4. The minimum absolute atomic E-state index is 0. The molecule has 0 fully saturated rings. The zero-order valence-corrected chi connectivity index (χ0v) is 17.0. The summed E-state index contributed by atoms with van der Waals surface area (Å²) in [5.41, 5.74) is 8.83. The molecule has 0 radical (unpaired) electrons. The summed E-state index contributed by atoms with van der Waals surface area (Å²) in [6.07, 6.45) is 3.14. The molecule has 1 heterocycles. The van der Waals surface area contributed by atoms with Crippen LogP contribution in [0.4, 0.5) is 4.39 Å².